The number of hydrogen-bond acceptors (Lipinski definition) is 7. The van der Waals surface area contributed by atoms with Crippen molar-refractivity contribution in [1.29, 1.82) is 0 Å². The molecule has 1 aliphatic heterocycles. The number of amides is 2. The van der Waals surface area contributed by atoms with E-state index in [1.807, 2.05) is 0 Å². The van der Waals surface area contributed by atoms with Crippen molar-refractivity contribution in [1.82, 2.24) is 4.90 Å². The van der Waals surface area contributed by atoms with E-state index in [1.54, 1.807) is 25.1 Å². The maximum Gasteiger partial charge on any atom is 0.339 e. The minimum atomic E-state index is -4.10. The SMILES string of the molecule is CCOc1cc(/C=C2\SC(=O)N(Cc3c(F)cccc3Cl)C2=O)ccc1OS(=O)(=O)c1ccccc1. The highest BCUT2D eigenvalue weighted by molar-refractivity contribution is 8.18. The van der Waals surface area contributed by atoms with Gasteiger partial charge in [-0.3, -0.25) is 14.5 Å². The number of thioether (sulfide) groups is 1. The van der Waals surface area contributed by atoms with E-state index in [9.17, 15) is 22.4 Å². The number of carbonyl (C=O) groups is 2. The van der Waals surface area contributed by atoms with Gasteiger partial charge in [-0.25, -0.2) is 4.39 Å². The largest absolute Gasteiger partial charge is 0.490 e. The summed E-state index contributed by atoms with van der Waals surface area (Å²) in [5.74, 6) is -1.11. The number of hydrogen-bond donors (Lipinski definition) is 0. The van der Waals surface area contributed by atoms with Gasteiger partial charge in [-0.1, -0.05) is 41.9 Å². The van der Waals surface area contributed by atoms with Crippen molar-refractivity contribution in [2.75, 3.05) is 6.61 Å². The van der Waals surface area contributed by atoms with Gasteiger partial charge in [0.05, 0.1) is 18.1 Å². The lowest BCUT2D eigenvalue weighted by atomic mass is 10.1. The van der Waals surface area contributed by atoms with Crippen molar-refractivity contribution in [3.8, 4) is 11.5 Å². The first-order chi connectivity index (χ1) is 17.2. The second-order valence-corrected chi connectivity index (χ2v) is 10.4. The van der Waals surface area contributed by atoms with E-state index < -0.39 is 27.1 Å². The monoisotopic (exact) mass is 547 g/mol. The molecule has 0 aromatic heterocycles. The number of rotatable bonds is 8. The van der Waals surface area contributed by atoms with Gasteiger partial charge in [-0.15, -0.1) is 0 Å². The van der Waals surface area contributed by atoms with Gasteiger partial charge < -0.3 is 8.92 Å². The lowest BCUT2D eigenvalue weighted by Gasteiger charge is -2.14. The highest BCUT2D eigenvalue weighted by atomic mass is 35.5. The summed E-state index contributed by atoms with van der Waals surface area (Å²) in [6.07, 6.45) is 1.46. The number of nitrogens with zero attached hydrogens (tertiary/aromatic N) is 1. The van der Waals surface area contributed by atoms with Gasteiger partial charge in [0.15, 0.2) is 11.5 Å². The summed E-state index contributed by atoms with van der Waals surface area (Å²) in [6.45, 7) is 1.65. The van der Waals surface area contributed by atoms with Crippen LogP contribution in [0.5, 0.6) is 11.5 Å². The van der Waals surface area contributed by atoms with E-state index in [-0.39, 0.29) is 45.0 Å². The van der Waals surface area contributed by atoms with Crippen molar-refractivity contribution >= 4 is 50.7 Å². The Balaban J connectivity index is 1.59. The molecule has 0 spiro atoms. The molecule has 3 aromatic rings. The Kier molecular flexibility index (Phi) is 7.67. The number of benzene rings is 3. The number of carbonyl (C=O) groups excluding carboxylic acids is 2. The lowest BCUT2D eigenvalue weighted by molar-refractivity contribution is -0.123. The second kappa shape index (κ2) is 10.7. The normalized spacial score (nSPS) is 15.0. The Morgan fingerprint density at radius 1 is 1.03 bits per heavy atom. The van der Waals surface area contributed by atoms with Crippen molar-refractivity contribution < 1.29 is 31.3 Å². The molecule has 4 rings (SSSR count). The summed E-state index contributed by atoms with van der Waals surface area (Å²) in [6, 6.07) is 16.2. The van der Waals surface area contributed by atoms with E-state index in [0.717, 1.165) is 4.90 Å². The Bertz CT molecular complexity index is 1440. The first-order valence-electron chi connectivity index (χ1n) is 10.6. The van der Waals surface area contributed by atoms with Crippen LogP contribution in [0, 0.1) is 5.82 Å². The Labute approximate surface area is 216 Å². The van der Waals surface area contributed by atoms with Crippen LogP contribution in [0.3, 0.4) is 0 Å². The summed E-state index contributed by atoms with van der Waals surface area (Å²) < 4.78 is 50.2. The molecule has 1 saturated heterocycles. The molecule has 11 heteroatoms. The maximum atomic E-state index is 14.2. The first kappa shape index (κ1) is 25.7. The summed E-state index contributed by atoms with van der Waals surface area (Å²) in [5, 5.41) is -0.454. The molecule has 3 aromatic carbocycles. The Morgan fingerprint density at radius 2 is 1.78 bits per heavy atom. The van der Waals surface area contributed by atoms with Crippen LogP contribution in [0.2, 0.25) is 5.02 Å². The highest BCUT2D eigenvalue weighted by Crippen LogP contribution is 2.37. The minimum absolute atomic E-state index is 0.0137. The predicted octanol–water partition coefficient (Wildman–Crippen LogP) is 5.88. The average Bonchev–Trinajstić information content (AvgIpc) is 3.10. The molecule has 36 heavy (non-hydrogen) atoms. The van der Waals surface area contributed by atoms with E-state index in [2.05, 4.69) is 0 Å². The lowest BCUT2D eigenvalue weighted by Crippen LogP contribution is -2.28. The standard InChI is InChI=1S/C25H19ClFNO6S2/c1-2-33-22-13-16(11-12-21(22)34-36(31,32)17-7-4-3-5-8-17)14-23-24(29)28(25(30)35-23)15-18-19(26)9-6-10-20(18)27/h3-14H,2,15H2,1H3/b23-14-. The first-order valence-corrected chi connectivity index (χ1v) is 13.2. The predicted molar refractivity (Wildman–Crippen MR) is 135 cm³/mol. The molecular weight excluding hydrogens is 529 g/mol. The van der Waals surface area contributed by atoms with Crippen LogP contribution in [0.25, 0.3) is 6.08 Å². The number of ether oxygens (including phenoxy) is 1. The van der Waals surface area contributed by atoms with Crippen molar-refractivity contribution in [3.05, 3.63) is 93.6 Å². The summed E-state index contributed by atoms with van der Waals surface area (Å²) in [5.41, 5.74) is 0.514. The van der Waals surface area contributed by atoms with Crippen LogP contribution in [0.15, 0.2) is 76.5 Å². The summed E-state index contributed by atoms with van der Waals surface area (Å²) in [4.78, 5) is 26.4. The summed E-state index contributed by atoms with van der Waals surface area (Å²) >= 11 is 6.74. The zero-order chi connectivity index (χ0) is 25.9. The third kappa shape index (κ3) is 5.56. The van der Waals surface area contributed by atoms with E-state index in [4.69, 9.17) is 20.5 Å². The molecule has 1 fully saturated rings. The van der Waals surface area contributed by atoms with Gasteiger partial charge in [-0.05, 0) is 66.7 Å². The average molecular weight is 548 g/mol. The fraction of sp³-hybridized carbons (Fsp3) is 0.120. The number of halogens is 2. The van der Waals surface area contributed by atoms with E-state index >= 15 is 0 Å². The van der Waals surface area contributed by atoms with Gasteiger partial charge in [-0.2, -0.15) is 8.42 Å². The highest BCUT2D eigenvalue weighted by Gasteiger charge is 2.36. The van der Waals surface area contributed by atoms with E-state index in [0.29, 0.717) is 17.3 Å². The van der Waals surface area contributed by atoms with Gasteiger partial charge in [0.25, 0.3) is 11.1 Å². The van der Waals surface area contributed by atoms with Crippen molar-refractivity contribution in [2.45, 2.75) is 18.4 Å². The second-order valence-electron chi connectivity index (χ2n) is 7.46. The molecule has 0 aliphatic carbocycles. The van der Waals surface area contributed by atoms with Crippen LogP contribution in [0.1, 0.15) is 18.1 Å². The van der Waals surface area contributed by atoms with Crippen LogP contribution < -0.4 is 8.92 Å². The molecule has 0 N–H and O–H groups in total. The molecular formula is C25H19ClFNO6S2. The third-order valence-corrected chi connectivity index (χ3v) is 7.56. The number of imide groups is 1. The molecule has 0 atom stereocenters. The molecule has 0 saturated carbocycles. The molecule has 0 bridgehead atoms. The maximum absolute atomic E-state index is 14.2. The molecule has 2 amide bonds. The Morgan fingerprint density at radius 3 is 2.47 bits per heavy atom. The molecule has 0 unspecified atom stereocenters. The minimum Gasteiger partial charge on any atom is -0.490 e. The molecule has 0 radical (unpaired) electrons. The zero-order valence-corrected chi connectivity index (χ0v) is 21.2. The fourth-order valence-corrected chi connectivity index (χ4v) is 5.36. The topological polar surface area (TPSA) is 90.0 Å². The quantitative estimate of drug-likeness (QED) is 0.257. The van der Waals surface area contributed by atoms with Gasteiger partial charge in [0, 0.05) is 10.6 Å². The summed E-state index contributed by atoms with van der Waals surface area (Å²) in [7, 11) is -4.10. The van der Waals surface area contributed by atoms with Crippen LogP contribution in [-0.4, -0.2) is 31.1 Å². The smallest absolute Gasteiger partial charge is 0.339 e. The van der Waals surface area contributed by atoms with Crippen molar-refractivity contribution in [3.63, 3.8) is 0 Å². The Hall–Kier alpha value is -3.34. The van der Waals surface area contributed by atoms with Crippen molar-refractivity contribution in [2.24, 2.45) is 0 Å². The third-order valence-electron chi connectivity index (χ3n) is 5.05. The van der Waals surface area contributed by atoms with Gasteiger partial charge in [0.1, 0.15) is 10.7 Å². The van der Waals surface area contributed by atoms with E-state index in [1.165, 1.54) is 54.6 Å². The van der Waals surface area contributed by atoms with Crippen LogP contribution >= 0.6 is 23.4 Å². The molecule has 1 aliphatic rings. The molecule has 7 nitrogen and oxygen atoms in total. The van der Waals surface area contributed by atoms with Crippen LogP contribution in [-0.2, 0) is 21.5 Å². The molecule has 1 heterocycles. The fourth-order valence-electron chi connectivity index (χ4n) is 3.33. The molecule has 186 valence electrons. The van der Waals surface area contributed by atoms with Crippen LogP contribution in [0.4, 0.5) is 9.18 Å². The zero-order valence-electron chi connectivity index (χ0n) is 18.8. The van der Waals surface area contributed by atoms with Gasteiger partial charge >= 0.3 is 10.1 Å². The van der Waals surface area contributed by atoms with Gasteiger partial charge in [0.2, 0.25) is 0 Å².